The summed E-state index contributed by atoms with van der Waals surface area (Å²) in [5, 5.41) is 0. The van der Waals surface area contributed by atoms with Gasteiger partial charge in [0.15, 0.2) is 0 Å². The van der Waals surface area contributed by atoms with Crippen LogP contribution in [-0.4, -0.2) is 28.9 Å². The highest BCUT2D eigenvalue weighted by Gasteiger charge is 2.54. The van der Waals surface area contributed by atoms with E-state index in [0.717, 1.165) is 31.2 Å². The van der Waals surface area contributed by atoms with Crippen molar-refractivity contribution in [3.05, 3.63) is 69.9 Å². The van der Waals surface area contributed by atoms with Crippen molar-refractivity contribution in [3.63, 3.8) is 0 Å². The van der Waals surface area contributed by atoms with Gasteiger partial charge in [-0.15, -0.1) is 0 Å². The number of rotatable bonds is 3. The van der Waals surface area contributed by atoms with Crippen LogP contribution in [-0.2, 0) is 10.2 Å². The van der Waals surface area contributed by atoms with Crippen molar-refractivity contribution in [1.29, 1.82) is 0 Å². The number of pyridine rings is 1. The molecule has 1 aromatic heterocycles. The fraction of sp³-hybridized carbons (Fsp3) is 0.400. The molecule has 2 aromatic rings. The number of hydrogen-bond donors (Lipinski definition) is 1. The second-order valence-electron chi connectivity index (χ2n) is 7.11. The van der Waals surface area contributed by atoms with Gasteiger partial charge in [-0.2, -0.15) is 0 Å². The molecule has 0 unspecified atom stereocenters. The van der Waals surface area contributed by atoms with Gasteiger partial charge in [-0.25, -0.2) is 4.39 Å². The highest BCUT2D eigenvalue weighted by molar-refractivity contribution is 5.91. The fourth-order valence-corrected chi connectivity index (χ4v) is 4.01. The number of nitrogens with zero attached hydrogens (tertiary/aromatic N) is 1. The van der Waals surface area contributed by atoms with Gasteiger partial charge < -0.3 is 9.88 Å². The van der Waals surface area contributed by atoms with E-state index < -0.39 is 5.41 Å². The SMILES string of the molecule is O=C(N1CCC(c2cc[nH]c(=O)c2)CC1)C1(c2ccccc2F)CC1. The van der Waals surface area contributed by atoms with Gasteiger partial charge in [-0.1, -0.05) is 18.2 Å². The minimum absolute atomic E-state index is 0.0574. The summed E-state index contributed by atoms with van der Waals surface area (Å²) in [4.78, 5) is 29.0. The Labute approximate surface area is 145 Å². The zero-order valence-corrected chi connectivity index (χ0v) is 14.0. The molecule has 2 fully saturated rings. The molecule has 0 radical (unpaired) electrons. The van der Waals surface area contributed by atoms with Crippen LogP contribution in [0.3, 0.4) is 0 Å². The average molecular weight is 340 g/mol. The Morgan fingerprint density at radius 2 is 1.88 bits per heavy atom. The molecule has 1 aromatic carbocycles. The molecule has 4 rings (SSSR count). The molecule has 1 amide bonds. The first-order valence-corrected chi connectivity index (χ1v) is 8.83. The third-order valence-electron chi connectivity index (χ3n) is 5.60. The smallest absolute Gasteiger partial charge is 0.248 e. The number of carbonyl (C=O) groups is 1. The maximum absolute atomic E-state index is 14.2. The number of halogens is 1. The van der Waals surface area contributed by atoms with Gasteiger partial charge in [-0.05, 0) is 49.3 Å². The van der Waals surface area contributed by atoms with Gasteiger partial charge in [0, 0.05) is 30.9 Å². The number of aromatic nitrogens is 1. The Morgan fingerprint density at radius 1 is 1.16 bits per heavy atom. The van der Waals surface area contributed by atoms with E-state index in [1.165, 1.54) is 6.07 Å². The van der Waals surface area contributed by atoms with Crippen LogP contribution >= 0.6 is 0 Å². The molecule has 1 saturated heterocycles. The molecule has 0 spiro atoms. The number of piperidine rings is 1. The third-order valence-corrected chi connectivity index (χ3v) is 5.60. The van der Waals surface area contributed by atoms with E-state index in [0.29, 0.717) is 24.6 Å². The van der Waals surface area contributed by atoms with E-state index in [1.54, 1.807) is 30.5 Å². The number of aromatic amines is 1. The van der Waals surface area contributed by atoms with Crippen LogP contribution in [0.25, 0.3) is 0 Å². The van der Waals surface area contributed by atoms with Crippen LogP contribution in [0.5, 0.6) is 0 Å². The van der Waals surface area contributed by atoms with E-state index in [-0.39, 0.29) is 17.3 Å². The van der Waals surface area contributed by atoms with Gasteiger partial charge in [0.2, 0.25) is 11.5 Å². The average Bonchev–Trinajstić information content (AvgIpc) is 3.43. The largest absolute Gasteiger partial charge is 0.342 e. The first-order chi connectivity index (χ1) is 12.1. The van der Waals surface area contributed by atoms with Gasteiger partial charge in [0.05, 0.1) is 5.41 Å². The molecule has 2 aliphatic rings. The molecule has 25 heavy (non-hydrogen) atoms. The molecule has 1 aliphatic heterocycles. The van der Waals surface area contributed by atoms with Crippen molar-refractivity contribution in [2.75, 3.05) is 13.1 Å². The van der Waals surface area contributed by atoms with Crippen molar-refractivity contribution >= 4 is 5.91 Å². The lowest BCUT2D eigenvalue weighted by molar-refractivity contribution is -0.135. The number of nitrogens with one attached hydrogen (secondary N) is 1. The Morgan fingerprint density at radius 3 is 2.52 bits per heavy atom. The van der Waals surface area contributed by atoms with Crippen LogP contribution in [0.15, 0.2) is 47.4 Å². The number of benzene rings is 1. The Kier molecular flexibility index (Phi) is 3.94. The number of hydrogen-bond acceptors (Lipinski definition) is 2. The van der Waals surface area contributed by atoms with Gasteiger partial charge in [0.25, 0.3) is 0 Å². The van der Waals surface area contributed by atoms with Crippen LogP contribution < -0.4 is 5.56 Å². The van der Waals surface area contributed by atoms with Crippen molar-refractivity contribution in [1.82, 2.24) is 9.88 Å². The molecule has 0 bridgehead atoms. The monoisotopic (exact) mass is 340 g/mol. The summed E-state index contributed by atoms with van der Waals surface area (Å²) in [6.07, 6.45) is 4.79. The summed E-state index contributed by atoms with van der Waals surface area (Å²) < 4.78 is 14.2. The summed E-state index contributed by atoms with van der Waals surface area (Å²) in [7, 11) is 0. The predicted molar refractivity (Wildman–Crippen MR) is 92.9 cm³/mol. The van der Waals surface area contributed by atoms with E-state index in [4.69, 9.17) is 0 Å². The first-order valence-electron chi connectivity index (χ1n) is 8.83. The topological polar surface area (TPSA) is 53.2 Å². The number of carbonyl (C=O) groups excluding carboxylic acids is 1. The molecular formula is C20H21FN2O2. The van der Waals surface area contributed by atoms with Crippen molar-refractivity contribution in [2.45, 2.75) is 37.0 Å². The lowest BCUT2D eigenvalue weighted by Crippen LogP contribution is -2.44. The van der Waals surface area contributed by atoms with Crippen molar-refractivity contribution in [3.8, 4) is 0 Å². The highest BCUT2D eigenvalue weighted by Crippen LogP contribution is 2.50. The van der Waals surface area contributed by atoms with Gasteiger partial charge in [-0.3, -0.25) is 9.59 Å². The lowest BCUT2D eigenvalue weighted by atomic mass is 9.88. The lowest BCUT2D eigenvalue weighted by Gasteiger charge is -2.34. The van der Waals surface area contributed by atoms with Crippen LogP contribution in [0.2, 0.25) is 0 Å². The minimum Gasteiger partial charge on any atom is -0.342 e. The zero-order chi connectivity index (χ0) is 17.4. The normalized spacial score (nSPS) is 19.6. The number of H-pyrrole nitrogens is 1. The Bertz CT molecular complexity index is 849. The third kappa shape index (κ3) is 2.88. The van der Waals surface area contributed by atoms with Crippen molar-refractivity contribution < 1.29 is 9.18 Å². The van der Waals surface area contributed by atoms with E-state index >= 15 is 0 Å². The molecule has 2 heterocycles. The predicted octanol–water partition coefficient (Wildman–Crippen LogP) is 2.95. The molecule has 0 atom stereocenters. The minimum atomic E-state index is -0.651. The Balaban J connectivity index is 1.47. The van der Waals surface area contributed by atoms with E-state index in [9.17, 15) is 14.0 Å². The quantitative estimate of drug-likeness (QED) is 0.934. The standard InChI is InChI=1S/C20H21FN2O2/c21-17-4-2-1-3-16(17)20(8-9-20)19(25)23-11-6-14(7-12-23)15-5-10-22-18(24)13-15/h1-5,10,13-14H,6-9,11-12H2,(H,22,24). The van der Waals surface area contributed by atoms with Crippen LogP contribution in [0.1, 0.15) is 42.7 Å². The maximum Gasteiger partial charge on any atom is 0.248 e. The highest BCUT2D eigenvalue weighted by atomic mass is 19.1. The van der Waals surface area contributed by atoms with E-state index in [2.05, 4.69) is 4.98 Å². The molecule has 4 nitrogen and oxygen atoms in total. The zero-order valence-electron chi connectivity index (χ0n) is 14.0. The fourth-order valence-electron chi connectivity index (χ4n) is 4.01. The second kappa shape index (κ2) is 6.14. The van der Waals surface area contributed by atoms with Crippen molar-refractivity contribution in [2.24, 2.45) is 0 Å². The van der Waals surface area contributed by atoms with E-state index in [1.807, 2.05) is 11.0 Å². The van der Waals surface area contributed by atoms with Gasteiger partial charge in [0.1, 0.15) is 5.82 Å². The summed E-state index contributed by atoms with van der Waals surface area (Å²) in [5.41, 5.74) is 0.831. The first kappa shape index (κ1) is 16.1. The summed E-state index contributed by atoms with van der Waals surface area (Å²) in [6.45, 7) is 1.32. The summed E-state index contributed by atoms with van der Waals surface area (Å²) in [6, 6.07) is 10.2. The van der Waals surface area contributed by atoms with Crippen LogP contribution in [0, 0.1) is 5.82 Å². The number of amides is 1. The number of likely N-dealkylation sites (tertiary alicyclic amines) is 1. The molecule has 1 aliphatic carbocycles. The summed E-state index contributed by atoms with van der Waals surface area (Å²) >= 11 is 0. The molecule has 5 heteroatoms. The summed E-state index contributed by atoms with van der Waals surface area (Å²) in [5.74, 6) is 0.0728. The maximum atomic E-state index is 14.2. The second-order valence-corrected chi connectivity index (χ2v) is 7.11. The molecule has 130 valence electrons. The molecular weight excluding hydrogens is 319 g/mol. The molecule has 1 N–H and O–H groups in total. The Hall–Kier alpha value is -2.43. The van der Waals surface area contributed by atoms with Gasteiger partial charge >= 0.3 is 0 Å². The van der Waals surface area contributed by atoms with Crippen LogP contribution in [0.4, 0.5) is 4.39 Å². The molecule has 1 saturated carbocycles.